The van der Waals surface area contributed by atoms with Gasteiger partial charge in [-0.2, -0.15) is 5.10 Å². The third-order valence-electron chi connectivity index (χ3n) is 6.48. The summed E-state index contributed by atoms with van der Waals surface area (Å²) in [6, 6.07) is 22.3. The molecule has 4 rings (SSSR count). The molecule has 10 heteroatoms. The predicted octanol–water partition coefficient (Wildman–Crippen LogP) is 6.87. The summed E-state index contributed by atoms with van der Waals surface area (Å²) in [5, 5.41) is 5.21. The number of nitrogens with zero attached hydrogens (tertiary/aromatic N) is 3. The Morgan fingerprint density at radius 2 is 1.68 bits per heavy atom. The van der Waals surface area contributed by atoms with E-state index in [2.05, 4.69) is 24.4 Å². The molecule has 0 radical (unpaired) electrons. The minimum atomic E-state index is -4.01. The fourth-order valence-corrected chi connectivity index (χ4v) is 6.16. The molecule has 40 heavy (non-hydrogen) atoms. The summed E-state index contributed by atoms with van der Waals surface area (Å²) in [6.07, 6.45) is 1.52. The number of hydrogen-bond acceptors (Lipinski definition) is 4. The Hall–Kier alpha value is -3.59. The first-order valence-corrected chi connectivity index (χ1v) is 14.8. The third kappa shape index (κ3) is 6.41. The van der Waals surface area contributed by atoms with Crippen molar-refractivity contribution in [1.82, 2.24) is 9.99 Å². The molecule has 0 aliphatic heterocycles. The van der Waals surface area contributed by atoms with Gasteiger partial charge in [-0.1, -0.05) is 67.4 Å². The van der Waals surface area contributed by atoms with Crippen LogP contribution in [0.25, 0.3) is 5.69 Å². The average molecular weight is 598 g/mol. The molecule has 0 spiro atoms. The van der Waals surface area contributed by atoms with Gasteiger partial charge < -0.3 is 4.57 Å². The maximum Gasteiger partial charge on any atom is 0.264 e. The standard InChI is InChI=1S/C30H30Cl2N4O3S/c1-20(2)23-10-13-26(14-11-23)35(40(38,39)27-8-6-5-7-9-27)19-30(37)34-33-18-24-16-21(3)36(22(24)4)29-17-25(31)12-15-28(29)32/h5-18,20H,19H2,1-4H3,(H,34,37)/b33-18-. The van der Waals surface area contributed by atoms with Crippen molar-refractivity contribution in [2.24, 2.45) is 5.10 Å². The van der Waals surface area contributed by atoms with Crippen LogP contribution in [-0.2, 0) is 14.8 Å². The largest absolute Gasteiger partial charge is 0.316 e. The molecule has 1 amide bonds. The number of sulfonamides is 1. The number of anilines is 1. The number of carbonyl (C=O) groups is 1. The number of nitrogens with one attached hydrogen (secondary N) is 1. The van der Waals surface area contributed by atoms with Crippen molar-refractivity contribution >= 4 is 51.0 Å². The second kappa shape index (κ2) is 12.3. The van der Waals surface area contributed by atoms with E-state index in [-0.39, 0.29) is 10.8 Å². The minimum Gasteiger partial charge on any atom is -0.316 e. The first kappa shape index (κ1) is 29.4. The summed E-state index contributed by atoms with van der Waals surface area (Å²) >= 11 is 12.6. The van der Waals surface area contributed by atoms with Gasteiger partial charge in [0.1, 0.15) is 6.54 Å². The Morgan fingerprint density at radius 1 is 1.00 bits per heavy atom. The lowest BCUT2D eigenvalue weighted by Gasteiger charge is -2.24. The van der Waals surface area contributed by atoms with Crippen molar-refractivity contribution < 1.29 is 13.2 Å². The van der Waals surface area contributed by atoms with Crippen LogP contribution in [0.15, 0.2) is 88.9 Å². The minimum absolute atomic E-state index is 0.0892. The lowest BCUT2D eigenvalue weighted by atomic mass is 10.0. The number of rotatable bonds is 9. The van der Waals surface area contributed by atoms with Gasteiger partial charge in [-0.05, 0) is 73.9 Å². The second-order valence-corrected chi connectivity index (χ2v) is 12.3. The normalized spacial score (nSPS) is 11.8. The Balaban J connectivity index is 1.57. The Labute approximate surface area is 245 Å². The molecular formula is C30H30Cl2N4O3S. The van der Waals surface area contributed by atoms with Crippen molar-refractivity contribution in [2.45, 2.75) is 38.5 Å². The van der Waals surface area contributed by atoms with Gasteiger partial charge in [0, 0.05) is 22.0 Å². The van der Waals surface area contributed by atoms with Gasteiger partial charge in [0.25, 0.3) is 15.9 Å². The smallest absolute Gasteiger partial charge is 0.264 e. The number of carbonyl (C=O) groups excluding carboxylic acids is 1. The van der Waals surface area contributed by atoms with E-state index in [0.717, 1.165) is 32.5 Å². The Morgan fingerprint density at radius 3 is 2.33 bits per heavy atom. The monoisotopic (exact) mass is 596 g/mol. The van der Waals surface area contributed by atoms with Crippen molar-refractivity contribution in [3.05, 3.63) is 111 Å². The highest BCUT2D eigenvalue weighted by Crippen LogP contribution is 2.29. The molecule has 0 aliphatic carbocycles. The van der Waals surface area contributed by atoms with Gasteiger partial charge in [0.15, 0.2) is 0 Å². The summed E-state index contributed by atoms with van der Waals surface area (Å²) in [5.41, 5.74) is 7.15. The van der Waals surface area contributed by atoms with E-state index < -0.39 is 22.5 Å². The summed E-state index contributed by atoms with van der Waals surface area (Å²) in [6.45, 7) is 7.49. The summed E-state index contributed by atoms with van der Waals surface area (Å²) in [7, 11) is -4.01. The van der Waals surface area contributed by atoms with Crippen LogP contribution >= 0.6 is 23.2 Å². The number of aryl methyl sites for hydroxylation is 1. The molecule has 1 N–H and O–H groups in total. The molecule has 0 saturated heterocycles. The quantitative estimate of drug-likeness (QED) is 0.169. The zero-order valence-electron chi connectivity index (χ0n) is 22.6. The third-order valence-corrected chi connectivity index (χ3v) is 8.82. The topological polar surface area (TPSA) is 83.8 Å². The zero-order chi connectivity index (χ0) is 29.0. The molecule has 208 valence electrons. The molecular weight excluding hydrogens is 567 g/mol. The molecule has 1 heterocycles. The fraction of sp³-hybridized carbons (Fsp3) is 0.200. The van der Waals surface area contributed by atoms with Gasteiger partial charge in [-0.15, -0.1) is 0 Å². The van der Waals surface area contributed by atoms with E-state index in [4.69, 9.17) is 23.2 Å². The number of amides is 1. The molecule has 0 saturated carbocycles. The van der Waals surface area contributed by atoms with Gasteiger partial charge in [-0.25, -0.2) is 13.8 Å². The van der Waals surface area contributed by atoms with Crippen LogP contribution in [0.4, 0.5) is 5.69 Å². The fourth-order valence-electron chi connectivity index (χ4n) is 4.35. The van der Waals surface area contributed by atoms with E-state index in [0.29, 0.717) is 15.7 Å². The molecule has 7 nitrogen and oxygen atoms in total. The molecule has 4 aromatic rings. The number of aromatic nitrogens is 1. The van der Waals surface area contributed by atoms with Gasteiger partial charge in [0.2, 0.25) is 0 Å². The van der Waals surface area contributed by atoms with Crippen LogP contribution in [0, 0.1) is 13.8 Å². The number of hydrogen-bond donors (Lipinski definition) is 1. The molecule has 0 bridgehead atoms. The molecule has 0 aliphatic rings. The second-order valence-electron chi connectivity index (χ2n) is 9.62. The van der Waals surface area contributed by atoms with Crippen LogP contribution < -0.4 is 9.73 Å². The van der Waals surface area contributed by atoms with Crippen molar-refractivity contribution in [3.63, 3.8) is 0 Å². The lowest BCUT2D eigenvalue weighted by molar-refractivity contribution is -0.119. The van der Waals surface area contributed by atoms with Crippen LogP contribution in [-0.4, -0.2) is 31.7 Å². The van der Waals surface area contributed by atoms with Crippen LogP contribution in [0.5, 0.6) is 0 Å². The van der Waals surface area contributed by atoms with E-state index in [1.807, 2.05) is 36.6 Å². The Bertz CT molecular complexity index is 1650. The van der Waals surface area contributed by atoms with Gasteiger partial charge in [-0.3, -0.25) is 9.10 Å². The maximum absolute atomic E-state index is 13.5. The zero-order valence-corrected chi connectivity index (χ0v) is 24.9. The summed E-state index contributed by atoms with van der Waals surface area (Å²) in [5.74, 6) is -0.307. The van der Waals surface area contributed by atoms with Crippen molar-refractivity contribution in [1.29, 1.82) is 0 Å². The van der Waals surface area contributed by atoms with Gasteiger partial charge in [0.05, 0.1) is 27.5 Å². The molecule has 0 fully saturated rings. The van der Waals surface area contributed by atoms with E-state index in [9.17, 15) is 13.2 Å². The number of benzene rings is 3. The van der Waals surface area contributed by atoms with E-state index in [1.54, 1.807) is 48.5 Å². The highest BCUT2D eigenvalue weighted by molar-refractivity contribution is 7.92. The molecule has 0 unspecified atom stereocenters. The SMILES string of the molecule is Cc1cc(/C=N\NC(=O)CN(c2ccc(C(C)C)cc2)S(=O)(=O)c2ccccc2)c(C)n1-c1cc(Cl)ccc1Cl. The van der Waals surface area contributed by atoms with E-state index in [1.165, 1.54) is 18.3 Å². The molecule has 1 aromatic heterocycles. The first-order chi connectivity index (χ1) is 19.0. The van der Waals surface area contributed by atoms with E-state index >= 15 is 0 Å². The van der Waals surface area contributed by atoms with Crippen LogP contribution in [0.1, 0.15) is 42.3 Å². The molecule has 0 atom stereocenters. The number of hydrazone groups is 1. The van der Waals surface area contributed by atoms with Gasteiger partial charge >= 0.3 is 0 Å². The van der Waals surface area contributed by atoms with Crippen LogP contribution in [0.2, 0.25) is 10.0 Å². The Kier molecular flexibility index (Phi) is 9.03. The van der Waals surface area contributed by atoms with Crippen LogP contribution in [0.3, 0.4) is 0 Å². The lowest BCUT2D eigenvalue weighted by Crippen LogP contribution is -2.39. The van der Waals surface area contributed by atoms with Crippen molar-refractivity contribution in [3.8, 4) is 5.69 Å². The molecule has 3 aromatic carbocycles. The summed E-state index contributed by atoms with van der Waals surface area (Å²) in [4.78, 5) is 13.1. The highest BCUT2D eigenvalue weighted by atomic mass is 35.5. The van der Waals surface area contributed by atoms with Crippen molar-refractivity contribution in [2.75, 3.05) is 10.8 Å². The first-order valence-electron chi connectivity index (χ1n) is 12.6. The maximum atomic E-state index is 13.5. The summed E-state index contributed by atoms with van der Waals surface area (Å²) < 4.78 is 30.1. The predicted molar refractivity (Wildman–Crippen MR) is 163 cm³/mol. The highest BCUT2D eigenvalue weighted by Gasteiger charge is 2.27. The number of halogens is 2. The average Bonchev–Trinajstić information content (AvgIpc) is 3.21.